The van der Waals surface area contributed by atoms with E-state index >= 15 is 0 Å². The number of aryl methyl sites for hydroxylation is 1. The van der Waals surface area contributed by atoms with Crippen molar-refractivity contribution in [3.8, 4) is 5.75 Å². The summed E-state index contributed by atoms with van der Waals surface area (Å²) in [6, 6.07) is 6.22. The highest BCUT2D eigenvalue weighted by molar-refractivity contribution is 5.38. The summed E-state index contributed by atoms with van der Waals surface area (Å²) in [4.78, 5) is 0. The summed E-state index contributed by atoms with van der Waals surface area (Å²) >= 11 is 0. The Bertz CT molecular complexity index is 332. The molecule has 2 heteroatoms. The normalized spacial score (nSPS) is 12.9. The first-order chi connectivity index (χ1) is 7.50. The minimum Gasteiger partial charge on any atom is -0.493 e. The molecule has 0 fully saturated rings. The molecular weight excluding hydrogens is 198 g/mol. The van der Waals surface area contributed by atoms with Crippen molar-refractivity contribution >= 4 is 0 Å². The van der Waals surface area contributed by atoms with Crippen LogP contribution in [0.15, 0.2) is 18.2 Å². The smallest absolute Gasteiger partial charge is 0.124 e. The largest absolute Gasteiger partial charge is 0.493 e. The maximum absolute atomic E-state index is 5.93. The fourth-order valence-corrected chi connectivity index (χ4v) is 1.56. The van der Waals surface area contributed by atoms with E-state index in [-0.39, 0.29) is 6.04 Å². The topological polar surface area (TPSA) is 35.2 Å². The molecule has 0 saturated carbocycles. The molecule has 0 spiro atoms. The van der Waals surface area contributed by atoms with Gasteiger partial charge in [-0.15, -0.1) is 0 Å². The number of nitrogens with two attached hydrogens (primary N) is 1. The third-order valence-electron chi connectivity index (χ3n) is 2.61. The van der Waals surface area contributed by atoms with Gasteiger partial charge in [0.15, 0.2) is 0 Å². The van der Waals surface area contributed by atoms with Crippen LogP contribution < -0.4 is 10.5 Å². The Kier molecular flexibility index (Phi) is 4.81. The van der Waals surface area contributed by atoms with E-state index in [1.807, 2.05) is 13.0 Å². The van der Waals surface area contributed by atoms with Crippen LogP contribution in [0.1, 0.15) is 44.4 Å². The van der Waals surface area contributed by atoms with E-state index in [4.69, 9.17) is 10.5 Å². The van der Waals surface area contributed by atoms with Crippen molar-refractivity contribution in [3.63, 3.8) is 0 Å². The summed E-state index contributed by atoms with van der Waals surface area (Å²) in [6.07, 6.45) is 1.08. The van der Waals surface area contributed by atoms with Gasteiger partial charge < -0.3 is 10.5 Å². The Morgan fingerprint density at radius 1 is 1.25 bits per heavy atom. The first-order valence-electron chi connectivity index (χ1n) is 5.99. The van der Waals surface area contributed by atoms with Gasteiger partial charge in [0.05, 0.1) is 6.61 Å². The summed E-state index contributed by atoms with van der Waals surface area (Å²) in [6.45, 7) is 9.23. The molecule has 0 radical (unpaired) electrons. The monoisotopic (exact) mass is 221 g/mol. The van der Waals surface area contributed by atoms with E-state index in [1.54, 1.807) is 0 Å². The fraction of sp³-hybridized carbons (Fsp3) is 0.571. The number of hydrogen-bond acceptors (Lipinski definition) is 2. The molecule has 2 N–H and O–H groups in total. The zero-order valence-corrected chi connectivity index (χ0v) is 10.8. The molecule has 1 atom stereocenters. The van der Waals surface area contributed by atoms with Gasteiger partial charge in [0.1, 0.15) is 5.75 Å². The second kappa shape index (κ2) is 5.90. The zero-order valence-electron chi connectivity index (χ0n) is 10.8. The molecule has 0 saturated heterocycles. The quantitative estimate of drug-likeness (QED) is 0.826. The lowest BCUT2D eigenvalue weighted by Crippen LogP contribution is -2.09. The van der Waals surface area contributed by atoms with E-state index in [1.165, 1.54) is 5.56 Å². The Hall–Kier alpha value is -1.02. The number of hydrogen-bond donors (Lipinski definition) is 1. The van der Waals surface area contributed by atoms with E-state index < -0.39 is 0 Å². The molecule has 90 valence electrons. The summed E-state index contributed by atoms with van der Waals surface area (Å²) in [7, 11) is 0. The highest BCUT2D eigenvalue weighted by Crippen LogP contribution is 2.25. The van der Waals surface area contributed by atoms with Crippen LogP contribution in [0.5, 0.6) is 5.75 Å². The number of rotatable bonds is 5. The van der Waals surface area contributed by atoms with Crippen molar-refractivity contribution in [1.29, 1.82) is 0 Å². The Labute approximate surface area is 98.8 Å². The lowest BCUT2D eigenvalue weighted by molar-refractivity contribution is 0.285. The predicted molar refractivity (Wildman–Crippen MR) is 68.7 cm³/mol. The molecule has 1 aromatic rings. The Morgan fingerprint density at radius 3 is 2.50 bits per heavy atom. The highest BCUT2D eigenvalue weighted by atomic mass is 16.5. The van der Waals surface area contributed by atoms with Crippen LogP contribution >= 0.6 is 0 Å². The molecule has 1 rings (SSSR count). The van der Waals surface area contributed by atoms with Gasteiger partial charge in [-0.3, -0.25) is 0 Å². The first-order valence-corrected chi connectivity index (χ1v) is 5.99. The van der Waals surface area contributed by atoms with Crippen LogP contribution in [0, 0.1) is 12.8 Å². The van der Waals surface area contributed by atoms with Crippen molar-refractivity contribution in [3.05, 3.63) is 29.3 Å². The summed E-state index contributed by atoms with van der Waals surface area (Å²) < 4.78 is 5.78. The Morgan fingerprint density at radius 2 is 1.94 bits per heavy atom. The first kappa shape index (κ1) is 13.0. The van der Waals surface area contributed by atoms with Gasteiger partial charge in [-0.1, -0.05) is 31.5 Å². The average Bonchev–Trinajstić information content (AvgIpc) is 2.19. The van der Waals surface area contributed by atoms with Crippen LogP contribution in [0.4, 0.5) is 0 Å². The molecule has 1 aromatic carbocycles. The molecule has 0 aliphatic heterocycles. The molecule has 2 nitrogen and oxygen atoms in total. The average molecular weight is 221 g/mol. The summed E-state index contributed by atoms with van der Waals surface area (Å²) in [5, 5.41) is 0. The molecule has 0 amide bonds. The standard InChI is InChI=1S/C14H23NO/c1-10(2)7-8-16-14-6-5-11(3)9-13(14)12(4)15/h5-6,9-10,12H,7-8,15H2,1-4H3/t12-/m0/s1. The van der Waals surface area contributed by atoms with E-state index in [9.17, 15) is 0 Å². The zero-order chi connectivity index (χ0) is 12.1. The van der Waals surface area contributed by atoms with E-state index in [0.717, 1.165) is 24.3 Å². The third kappa shape index (κ3) is 3.86. The van der Waals surface area contributed by atoms with Gasteiger partial charge in [-0.25, -0.2) is 0 Å². The molecule has 16 heavy (non-hydrogen) atoms. The van der Waals surface area contributed by atoms with Crippen LogP contribution in [0.25, 0.3) is 0 Å². The molecule has 0 heterocycles. The number of ether oxygens (including phenoxy) is 1. The maximum Gasteiger partial charge on any atom is 0.124 e. The van der Waals surface area contributed by atoms with Gasteiger partial charge in [0.2, 0.25) is 0 Å². The van der Waals surface area contributed by atoms with Gasteiger partial charge in [-0.05, 0) is 32.3 Å². The molecular formula is C14H23NO. The van der Waals surface area contributed by atoms with Crippen molar-refractivity contribution in [2.45, 2.75) is 40.2 Å². The lowest BCUT2D eigenvalue weighted by Gasteiger charge is -2.15. The van der Waals surface area contributed by atoms with Gasteiger partial charge in [0.25, 0.3) is 0 Å². The van der Waals surface area contributed by atoms with Crippen molar-refractivity contribution in [2.75, 3.05) is 6.61 Å². The van der Waals surface area contributed by atoms with Gasteiger partial charge in [0, 0.05) is 11.6 Å². The van der Waals surface area contributed by atoms with E-state index in [0.29, 0.717) is 5.92 Å². The van der Waals surface area contributed by atoms with Crippen molar-refractivity contribution in [2.24, 2.45) is 11.7 Å². The fourth-order valence-electron chi connectivity index (χ4n) is 1.56. The molecule has 0 aliphatic rings. The van der Waals surface area contributed by atoms with Crippen LogP contribution in [0.2, 0.25) is 0 Å². The van der Waals surface area contributed by atoms with E-state index in [2.05, 4.69) is 32.9 Å². The SMILES string of the molecule is Cc1ccc(OCCC(C)C)c([C@H](C)N)c1. The summed E-state index contributed by atoms with van der Waals surface area (Å²) in [5.41, 5.74) is 8.26. The molecule has 0 aliphatic carbocycles. The highest BCUT2D eigenvalue weighted by Gasteiger charge is 2.08. The van der Waals surface area contributed by atoms with Crippen molar-refractivity contribution < 1.29 is 4.74 Å². The van der Waals surface area contributed by atoms with Crippen LogP contribution in [0.3, 0.4) is 0 Å². The number of benzene rings is 1. The van der Waals surface area contributed by atoms with Crippen LogP contribution in [-0.2, 0) is 0 Å². The lowest BCUT2D eigenvalue weighted by atomic mass is 10.1. The van der Waals surface area contributed by atoms with Gasteiger partial charge in [-0.2, -0.15) is 0 Å². The minimum absolute atomic E-state index is 0.0222. The second-order valence-corrected chi connectivity index (χ2v) is 4.86. The third-order valence-corrected chi connectivity index (χ3v) is 2.61. The maximum atomic E-state index is 5.93. The second-order valence-electron chi connectivity index (χ2n) is 4.86. The predicted octanol–water partition coefficient (Wildman–Crippen LogP) is 3.44. The molecule has 0 unspecified atom stereocenters. The minimum atomic E-state index is 0.0222. The van der Waals surface area contributed by atoms with Crippen molar-refractivity contribution in [1.82, 2.24) is 0 Å². The molecule has 0 bridgehead atoms. The Balaban J connectivity index is 2.71. The van der Waals surface area contributed by atoms with Crippen LogP contribution in [-0.4, -0.2) is 6.61 Å². The molecule has 0 aromatic heterocycles. The summed E-state index contributed by atoms with van der Waals surface area (Å²) in [5.74, 6) is 1.60. The van der Waals surface area contributed by atoms with Gasteiger partial charge >= 0.3 is 0 Å².